The van der Waals surface area contributed by atoms with Crippen LogP contribution in [0.15, 0.2) is 11.2 Å². The summed E-state index contributed by atoms with van der Waals surface area (Å²) in [6.45, 7) is 3.99. The summed E-state index contributed by atoms with van der Waals surface area (Å²) in [5.74, 6) is 1.61. The number of halogens is 1. The van der Waals surface area contributed by atoms with E-state index in [1.807, 2.05) is 24.6 Å². The van der Waals surface area contributed by atoms with Gasteiger partial charge in [0.15, 0.2) is 5.96 Å². The van der Waals surface area contributed by atoms with E-state index >= 15 is 0 Å². The van der Waals surface area contributed by atoms with E-state index in [4.69, 9.17) is 4.74 Å². The van der Waals surface area contributed by atoms with Crippen molar-refractivity contribution in [2.45, 2.75) is 57.6 Å². The summed E-state index contributed by atoms with van der Waals surface area (Å²) in [4.78, 5) is 10.3. The van der Waals surface area contributed by atoms with Gasteiger partial charge in [0.05, 0.1) is 11.1 Å². The zero-order valence-corrected chi connectivity index (χ0v) is 18.2. The van der Waals surface area contributed by atoms with Gasteiger partial charge in [0, 0.05) is 55.1 Å². The molecule has 3 unspecified atom stereocenters. The topological polar surface area (TPSA) is 58.5 Å². The standard InChI is InChI=1S/C18H28N4OS.HI/c1-3-12-11-21-14(24-12)5-9-20-17(19-2)22-15-13-6-10-23-16(13)18(15)7-4-8-18;/h11,13,15-16H,3-10H2,1-2H3,(H2,19,20,22);1H. The number of nitrogens with zero attached hydrogens (tertiary/aromatic N) is 2. The van der Waals surface area contributed by atoms with Gasteiger partial charge in [-0.25, -0.2) is 4.98 Å². The molecule has 0 radical (unpaired) electrons. The Morgan fingerprint density at radius 3 is 2.96 bits per heavy atom. The van der Waals surface area contributed by atoms with Gasteiger partial charge in [0.1, 0.15) is 0 Å². The Balaban J connectivity index is 0.00000182. The number of fused-ring (bicyclic) bond motifs is 2. The maximum Gasteiger partial charge on any atom is 0.191 e. The van der Waals surface area contributed by atoms with Crippen molar-refractivity contribution >= 4 is 41.3 Å². The van der Waals surface area contributed by atoms with Crippen molar-refractivity contribution in [3.63, 3.8) is 0 Å². The van der Waals surface area contributed by atoms with Gasteiger partial charge in [0.25, 0.3) is 0 Å². The molecule has 140 valence electrons. The van der Waals surface area contributed by atoms with E-state index in [1.165, 1.54) is 35.6 Å². The summed E-state index contributed by atoms with van der Waals surface area (Å²) in [5, 5.41) is 8.39. The minimum absolute atomic E-state index is 0. The lowest BCUT2D eigenvalue weighted by molar-refractivity contribution is -0.171. The number of guanidine groups is 1. The van der Waals surface area contributed by atoms with Gasteiger partial charge in [-0.15, -0.1) is 35.3 Å². The van der Waals surface area contributed by atoms with Gasteiger partial charge in [-0.3, -0.25) is 4.99 Å². The molecule has 5 nitrogen and oxygen atoms in total. The maximum absolute atomic E-state index is 6.00. The number of aryl methyl sites for hydroxylation is 1. The summed E-state index contributed by atoms with van der Waals surface area (Å²) in [7, 11) is 1.86. The van der Waals surface area contributed by atoms with Crippen LogP contribution in [0.1, 0.15) is 42.5 Å². The van der Waals surface area contributed by atoms with Crippen LogP contribution in [0, 0.1) is 11.3 Å². The molecule has 7 heteroatoms. The van der Waals surface area contributed by atoms with Gasteiger partial charge in [0.2, 0.25) is 0 Å². The first-order valence-electron chi connectivity index (χ1n) is 9.29. The van der Waals surface area contributed by atoms with Crippen molar-refractivity contribution < 1.29 is 4.74 Å². The van der Waals surface area contributed by atoms with Crippen LogP contribution in [0.2, 0.25) is 0 Å². The minimum atomic E-state index is 0. The van der Waals surface area contributed by atoms with E-state index in [-0.39, 0.29) is 24.0 Å². The molecule has 1 aromatic heterocycles. The second-order valence-electron chi connectivity index (χ2n) is 7.28. The number of hydrogen-bond donors (Lipinski definition) is 2. The molecule has 4 rings (SSSR count). The van der Waals surface area contributed by atoms with Crippen LogP contribution < -0.4 is 10.6 Å². The molecule has 0 bridgehead atoms. The molecule has 2 N–H and O–H groups in total. The molecule has 25 heavy (non-hydrogen) atoms. The lowest BCUT2D eigenvalue weighted by Crippen LogP contribution is -2.72. The van der Waals surface area contributed by atoms with Crippen molar-refractivity contribution in [1.29, 1.82) is 0 Å². The molecule has 1 aliphatic heterocycles. The Hall–Kier alpha value is -0.410. The fourth-order valence-corrected chi connectivity index (χ4v) is 5.57. The third-order valence-electron chi connectivity index (χ3n) is 6.13. The lowest BCUT2D eigenvalue weighted by Gasteiger charge is -2.63. The quantitative estimate of drug-likeness (QED) is 0.390. The summed E-state index contributed by atoms with van der Waals surface area (Å²) in [5.41, 5.74) is 0.393. The SMILES string of the molecule is CCc1cnc(CCNC(=NC)NC2C3CCOC3C23CCC3)s1.I. The van der Waals surface area contributed by atoms with E-state index < -0.39 is 0 Å². The van der Waals surface area contributed by atoms with E-state index in [2.05, 4.69) is 27.5 Å². The van der Waals surface area contributed by atoms with Gasteiger partial charge in [-0.2, -0.15) is 0 Å². The molecule has 1 spiro atoms. The Bertz CT molecular complexity index is 616. The third-order valence-corrected chi connectivity index (χ3v) is 7.33. The molecule has 1 aromatic rings. The monoisotopic (exact) mass is 476 g/mol. The van der Waals surface area contributed by atoms with Gasteiger partial charge in [-0.05, 0) is 25.7 Å². The number of rotatable bonds is 5. The Labute approximate surface area is 171 Å². The normalized spacial score (nSPS) is 29.4. The van der Waals surface area contributed by atoms with Crippen LogP contribution in [-0.2, 0) is 17.6 Å². The van der Waals surface area contributed by atoms with E-state index in [9.17, 15) is 0 Å². The van der Waals surface area contributed by atoms with Crippen molar-refractivity contribution in [3.8, 4) is 0 Å². The average Bonchev–Trinajstić information content (AvgIpc) is 3.17. The molecule has 3 fully saturated rings. The summed E-state index contributed by atoms with van der Waals surface area (Å²) in [6.07, 6.45) is 9.69. The summed E-state index contributed by atoms with van der Waals surface area (Å²) >= 11 is 1.82. The summed E-state index contributed by atoms with van der Waals surface area (Å²) < 4.78 is 6.00. The number of ether oxygens (including phenoxy) is 1. The van der Waals surface area contributed by atoms with Crippen LogP contribution in [0.4, 0.5) is 0 Å². The van der Waals surface area contributed by atoms with Crippen molar-refractivity contribution in [1.82, 2.24) is 15.6 Å². The van der Waals surface area contributed by atoms with Gasteiger partial charge >= 0.3 is 0 Å². The zero-order valence-electron chi connectivity index (χ0n) is 15.1. The molecule has 2 heterocycles. The highest BCUT2D eigenvalue weighted by Crippen LogP contribution is 2.62. The zero-order chi connectivity index (χ0) is 16.6. The minimum Gasteiger partial charge on any atom is -0.377 e. The number of hydrogen-bond acceptors (Lipinski definition) is 4. The van der Waals surface area contributed by atoms with Crippen molar-refractivity contribution in [3.05, 3.63) is 16.1 Å². The number of aromatic nitrogens is 1. The average molecular weight is 476 g/mol. The number of nitrogens with one attached hydrogen (secondary N) is 2. The molecular weight excluding hydrogens is 447 g/mol. The predicted molar refractivity (Wildman–Crippen MR) is 113 cm³/mol. The van der Waals surface area contributed by atoms with Gasteiger partial charge in [-0.1, -0.05) is 13.3 Å². The van der Waals surface area contributed by atoms with E-state index in [0.717, 1.165) is 32.0 Å². The number of thiazole rings is 1. The van der Waals surface area contributed by atoms with Crippen LogP contribution in [-0.4, -0.2) is 43.3 Å². The Morgan fingerprint density at radius 2 is 2.32 bits per heavy atom. The molecule has 3 atom stereocenters. The number of aliphatic imine (C=N–C) groups is 1. The molecule has 0 aromatic carbocycles. The molecule has 0 amide bonds. The van der Waals surface area contributed by atoms with Crippen molar-refractivity contribution in [2.24, 2.45) is 16.3 Å². The molecule has 3 aliphatic rings. The first-order valence-corrected chi connectivity index (χ1v) is 10.1. The molecule has 1 saturated heterocycles. The highest BCUT2D eigenvalue weighted by molar-refractivity contribution is 14.0. The van der Waals surface area contributed by atoms with Crippen LogP contribution in [0.5, 0.6) is 0 Å². The highest BCUT2D eigenvalue weighted by Gasteiger charge is 2.66. The lowest BCUT2D eigenvalue weighted by atomic mass is 9.46. The van der Waals surface area contributed by atoms with Crippen LogP contribution in [0.25, 0.3) is 0 Å². The van der Waals surface area contributed by atoms with Gasteiger partial charge < -0.3 is 15.4 Å². The Kier molecular flexibility index (Phi) is 6.26. The molecule has 2 aliphatic carbocycles. The molecule has 2 saturated carbocycles. The molecular formula is C18H29IN4OS. The van der Waals surface area contributed by atoms with Crippen molar-refractivity contribution in [2.75, 3.05) is 20.2 Å². The highest BCUT2D eigenvalue weighted by atomic mass is 127. The van der Waals surface area contributed by atoms with E-state index in [0.29, 0.717) is 23.5 Å². The maximum atomic E-state index is 6.00. The van der Waals surface area contributed by atoms with E-state index in [1.54, 1.807) is 0 Å². The second kappa shape index (κ2) is 8.08. The fourth-order valence-electron chi connectivity index (χ4n) is 4.71. The van der Waals surface area contributed by atoms with Crippen LogP contribution >= 0.6 is 35.3 Å². The van der Waals surface area contributed by atoms with Crippen LogP contribution in [0.3, 0.4) is 0 Å². The predicted octanol–water partition coefficient (Wildman–Crippen LogP) is 2.99. The first-order chi connectivity index (χ1) is 11.8. The third kappa shape index (κ3) is 3.43. The summed E-state index contributed by atoms with van der Waals surface area (Å²) in [6, 6.07) is 0.538. The second-order valence-corrected chi connectivity index (χ2v) is 8.48. The smallest absolute Gasteiger partial charge is 0.191 e. The Morgan fingerprint density at radius 1 is 1.48 bits per heavy atom. The first kappa shape index (κ1) is 19.4. The fraction of sp³-hybridized carbons (Fsp3) is 0.778. The largest absolute Gasteiger partial charge is 0.377 e.